The maximum atomic E-state index is 11.9. The molecule has 1 N–H and O–H groups in total. The fourth-order valence-electron chi connectivity index (χ4n) is 2.33. The lowest BCUT2D eigenvalue weighted by atomic mass is 9.82. The second kappa shape index (κ2) is 4.14. The average molecular weight is 240 g/mol. The van der Waals surface area contributed by atoms with Crippen molar-refractivity contribution in [3.05, 3.63) is 11.3 Å². The van der Waals surface area contributed by atoms with E-state index in [-0.39, 0.29) is 30.5 Å². The third-order valence-electron chi connectivity index (χ3n) is 3.11. The number of rotatable bonds is 2. The lowest BCUT2D eigenvalue weighted by Crippen LogP contribution is -2.46. The lowest BCUT2D eigenvalue weighted by molar-refractivity contribution is -0.163. The number of hydrogen-bond donors (Lipinski definition) is 1. The van der Waals surface area contributed by atoms with Gasteiger partial charge < -0.3 is 14.6 Å². The summed E-state index contributed by atoms with van der Waals surface area (Å²) in [6.07, 6.45) is 0.923. The standard InChI is InChI=1S/C12H16O5/c1-3-16-11(14)12(15)6-17-9-5-7(2)4-8(13)10(9)12/h7,15H,3-6H2,1-2H3. The van der Waals surface area contributed by atoms with Crippen molar-refractivity contribution in [2.24, 2.45) is 5.92 Å². The van der Waals surface area contributed by atoms with Crippen LogP contribution in [0.3, 0.4) is 0 Å². The molecule has 0 aromatic heterocycles. The molecule has 2 rings (SSSR count). The number of ether oxygens (including phenoxy) is 2. The molecule has 2 unspecified atom stereocenters. The van der Waals surface area contributed by atoms with Crippen LogP contribution >= 0.6 is 0 Å². The van der Waals surface area contributed by atoms with Crippen molar-refractivity contribution >= 4 is 11.8 Å². The number of aliphatic hydroxyl groups is 1. The molecule has 1 aliphatic carbocycles. The SMILES string of the molecule is CCOC(=O)C1(O)COC2=C1C(=O)CC(C)C2. The minimum atomic E-state index is -1.90. The highest BCUT2D eigenvalue weighted by Gasteiger charge is 2.53. The Kier molecular flexibility index (Phi) is 2.95. The number of hydrogen-bond acceptors (Lipinski definition) is 5. The molecule has 17 heavy (non-hydrogen) atoms. The Morgan fingerprint density at radius 2 is 2.29 bits per heavy atom. The van der Waals surface area contributed by atoms with E-state index in [9.17, 15) is 14.7 Å². The molecule has 0 radical (unpaired) electrons. The fraction of sp³-hybridized carbons (Fsp3) is 0.667. The Bertz CT molecular complexity index is 398. The Labute approximate surface area is 99.4 Å². The first kappa shape index (κ1) is 12.1. The minimum Gasteiger partial charge on any atom is -0.493 e. The molecule has 0 aromatic carbocycles. The van der Waals surface area contributed by atoms with Gasteiger partial charge in [0.05, 0.1) is 12.2 Å². The predicted octanol–water partition coefficient (Wildman–Crippen LogP) is 0.564. The zero-order valence-corrected chi connectivity index (χ0v) is 9.99. The first-order valence-electron chi connectivity index (χ1n) is 5.78. The molecule has 94 valence electrons. The van der Waals surface area contributed by atoms with Gasteiger partial charge in [-0.1, -0.05) is 6.92 Å². The van der Waals surface area contributed by atoms with Crippen LogP contribution in [0.25, 0.3) is 0 Å². The van der Waals surface area contributed by atoms with Crippen LogP contribution in [-0.4, -0.2) is 35.7 Å². The van der Waals surface area contributed by atoms with Crippen molar-refractivity contribution < 1.29 is 24.2 Å². The first-order chi connectivity index (χ1) is 7.99. The molecular weight excluding hydrogens is 224 g/mol. The van der Waals surface area contributed by atoms with Gasteiger partial charge in [-0.3, -0.25) is 4.79 Å². The summed E-state index contributed by atoms with van der Waals surface area (Å²) in [5, 5.41) is 10.3. The molecule has 1 heterocycles. The number of Topliss-reactive ketones (excluding diaryl/α,β-unsaturated/α-hetero) is 1. The summed E-state index contributed by atoms with van der Waals surface area (Å²) in [5.74, 6) is -0.380. The minimum absolute atomic E-state index is 0.106. The van der Waals surface area contributed by atoms with E-state index < -0.39 is 11.6 Å². The van der Waals surface area contributed by atoms with Crippen molar-refractivity contribution in [3.63, 3.8) is 0 Å². The molecular formula is C12H16O5. The highest BCUT2D eigenvalue weighted by Crippen LogP contribution is 2.39. The van der Waals surface area contributed by atoms with E-state index in [1.807, 2.05) is 6.92 Å². The third kappa shape index (κ3) is 1.84. The van der Waals surface area contributed by atoms with Crippen molar-refractivity contribution in [2.45, 2.75) is 32.3 Å². The zero-order valence-electron chi connectivity index (χ0n) is 9.99. The van der Waals surface area contributed by atoms with E-state index in [2.05, 4.69) is 0 Å². The van der Waals surface area contributed by atoms with E-state index in [0.717, 1.165) is 0 Å². The maximum absolute atomic E-state index is 11.9. The summed E-state index contributed by atoms with van der Waals surface area (Å²) in [4.78, 5) is 23.6. The molecule has 0 fully saturated rings. The van der Waals surface area contributed by atoms with Crippen LogP contribution in [0.15, 0.2) is 11.3 Å². The average Bonchev–Trinajstić information content (AvgIpc) is 2.58. The smallest absolute Gasteiger partial charge is 0.346 e. The van der Waals surface area contributed by atoms with Crippen LogP contribution in [-0.2, 0) is 19.1 Å². The Morgan fingerprint density at radius 1 is 1.59 bits per heavy atom. The van der Waals surface area contributed by atoms with Gasteiger partial charge in [-0.15, -0.1) is 0 Å². The van der Waals surface area contributed by atoms with Crippen LogP contribution in [0.4, 0.5) is 0 Å². The number of carbonyl (C=O) groups is 2. The molecule has 5 nitrogen and oxygen atoms in total. The van der Waals surface area contributed by atoms with E-state index >= 15 is 0 Å². The van der Waals surface area contributed by atoms with Gasteiger partial charge in [0, 0.05) is 12.8 Å². The summed E-state index contributed by atoms with van der Waals surface area (Å²) in [5.41, 5.74) is -1.79. The van der Waals surface area contributed by atoms with Gasteiger partial charge in [0.2, 0.25) is 5.60 Å². The van der Waals surface area contributed by atoms with Crippen molar-refractivity contribution in [2.75, 3.05) is 13.2 Å². The predicted molar refractivity (Wildman–Crippen MR) is 58.0 cm³/mol. The Balaban J connectivity index is 2.33. The van der Waals surface area contributed by atoms with Gasteiger partial charge in [-0.25, -0.2) is 4.79 Å². The number of esters is 1. The van der Waals surface area contributed by atoms with Crippen LogP contribution in [0.5, 0.6) is 0 Å². The fourth-order valence-corrected chi connectivity index (χ4v) is 2.33. The van der Waals surface area contributed by atoms with E-state index in [4.69, 9.17) is 9.47 Å². The van der Waals surface area contributed by atoms with Gasteiger partial charge in [0.1, 0.15) is 12.4 Å². The van der Waals surface area contributed by atoms with Gasteiger partial charge in [-0.2, -0.15) is 0 Å². The number of allylic oxidation sites excluding steroid dienone is 1. The van der Waals surface area contributed by atoms with E-state index in [0.29, 0.717) is 18.6 Å². The van der Waals surface area contributed by atoms with Crippen LogP contribution < -0.4 is 0 Å². The Hall–Kier alpha value is -1.36. The lowest BCUT2D eigenvalue weighted by Gasteiger charge is -2.24. The molecule has 0 amide bonds. The summed E-state index contributed by atoms with van der Waals surface area (Å²) < 4.78 is 10.1. The van der Waals surface area contributed by atoms with Crippen molar-refractivity contribution in [1.29, 1.82) is 0 Å². The van der Waals surface area contributed by atoms with Crippen LogP contribution in [0.1, 0.15) is 26.7 Å². The number of ketones is 1. The Morgan fingerprint density at radius 3 is 2.94 bits per heavy atom. The van der Waals surface area contributed by atoms with E-state index in [1.165, 1.54) is 0 Å². The summed E-state index contributed by atoms with van der Waals surface area (Å²) >= 11 is 0. The van der Waals surface area contributed by atoms with Gasteiger partial charge in [0.25, 0.3) is 0 Å². The molecule has 0 spiro atoms. The molecule has 2 aliphatic rings. The van der Waals surface area contributed by atoms with Crippen LogP contribution in [0, 0.1) is 5.92 Å². The molecule has 0 aromatic rings. The molecule has 2 atom stereocenters. The van der Waals surface area contributed by atoms with E-state index in [1.54, 1.807) is 6.92 Å². The van der Waals surface area contributed by atoms with Gasteiger partial charge >= 0.3 is 5.97 Å². The first-order valence-corrected chi connectivity index (χ1v) is 5.78. The van der Waals surface area contributed by atoms with Crippen molar-refractivity contribution in [3.8, 4) is 0 Å². The largest absolute Gasteiger partial charge is 0.493 e. The molecule has 0 bridgehead atoms. The third-order valence-corrected chi connectivity index (χ3v) is 3.11. The zero-order chi connectivity index (χ0) is 12.6. The second-order valence-corrected chi connectivity index (χ2v) is 4.60. The highest BCUT2D eigenvalue weighted by atomic mass is 16.6. The van der Waals surface area contributed by atoms with Crippen LogP contribution in [0.2, 0.25) is 0 Å². The topological polar surface area (TPSA) is 72.8 Å². The van der Waals surface area contributed by atoms with Crippen molar-refractivity contribution in [1.82, 2.24) is 0 Å². The molecule has 0 saturated carbocycles. The maximum Gasteiger partial charge on any atom is 0.346 e. The van der Waals surface area contributed by atoms with Gasteiger partial charge in [0.15, 0.2) is 5.78 Å². The molecule has 5 heteroatoms. The summed E-state index contributed by atoms with van der Waals surface area (Å²) in [6.45, 7) is 3.53. The highest BCUT2D eigenvalue weighted by molar-refractivity contribution is 6.06. The van der Waals surface area contributed by atoms with Gasteiger partial charge in [-0.05, 0) is 12.8 Å². The normalized spacial score (nSPS) is 32.2. The summed E-state index contributed by atoms with van der Waals surface area (Å²) in [7, 11) is 0. The molecule has 1 aliphatic heterocycles. The number of carbonyl (C=O) groups excluding carboxylic acids is 2. The second-order valence-electron chi connectivity index (χ2n) is 4.60. The monoisotopic (exact) mass is 240 g/mol. The molecule has 0 saturated heterocycles. The quantitative estimate of drug-likeness (QED) is 0.714. The summed E-state index contributed by atoms with van der Waals surface area (Å²) in [6, 6.07) is 0.